The minimum atomic E-state index is -0.256. The van der Waals surface area contributed by atoms with E-state index >= 15 is 0 Å². The molecule has 0 radical (unpaired) electrons. The Labute approximate surface area is 203 Å². The molecule has 3 aliphatic heterocycles. The maximum absolute atomic E-state index is 13.6. The second kappa shape index (κ2) is 9.21. The molecule has 178 valence electrons. The third kappa shape index (κ3) is 4.23. The number of carbonyl (C=O) groups is 2. The number of piperazine rings is 1. The van der Waals surface area contributed by atoms with Gasteiger partial charge in [0, 0.05) is 50.2 Å². The molecule has 5 rings (SSSR count). The lowest BCUT2D eigenvalue weighted by Crippen LogP contribution is -2.50. The van der Waals surface area contributed by atoms with Gasteiger partial charge in [0.25, 0.3) is 17.4 Å². The number of fused-ring (bicyclic) bond motifs is 1. The van der Waals surface area contributed by atoms with E-state index in [0.717, 1.165) is 0 Å². The van der Waals surface area contributed by atoms with Crippen LogP contribution in [0.4, 0.5) is 0 Å². The SMILES string of the molecule is CC(C)n1cc(C(=O)N2CCN(C(=O)c3ccccc3)CC2)c2nn(-c3ccccc3)c(=O)c-2c1. The number of para-hydroxylation sites is 1. The highest BCUT2D eigenvalue weighted by atomic mass is 16.2. The van der Waals surface area contributed by atoms with Gasteiger partial charge in [0.15, 0.2) is 0 Å². The predicted molar refractivity (Wildman–Crippen MR) is 133 cm³/mol. The number of hydrogen-bond donors (Lipinski definition) is 0. The standard InChI is InChI=1S/C27H27N5O3/c1-19(2)31-17-22(24-23(18-31)27(35)32(28-24)21-11-7-4-8-12-21)26(34)30-15-13-29(14-16-30)25(33)20-9-5-3-6-10-20/h3-12,17-19H,13-16H2,1-2H3. The Hall–Kier alpha value is -4.20. The van der Waals surface area contributed by atoms with Crippen LogP contribution in [0.2, 0.25) is 0 Å². The lowest BCUT2D eigenvalue weighted by atomic mass is 10.1. The molecular formula is C27H27N5O3. The predicted octanol–water partition coefficient (Wildman–Crippen LogP) is 3.32. The number of nitrogens with zero attached hydrogens (tertiary/aromatic N) is 5. The Kier molecular flexibility index (Phi) is 5.94. The maximum Gasteiger partial charge on any atom is 0.282 e. The van der Waals surface area contributed by atoms with Crippen LogP contribution in [0.3, 0.4) is 0 Å². The summed E-state index contributed by atoms with van der Waals surface area (Å²) in [7, 11) is 0. The minimum absolute atomic E-state index is 0.0324. The van der Waals surface area contributed by atoms with Crippen molar-refractivity contribution in [2.24, 2.45) is 0 Å². The smallest absolute Gasteiger partial charge is 0.282 e. The first-order chi connectivity index (χ1) is 16.9. The van der Waals surface area contributed by atoms with Crippen LogP contribution in [0.5, 0.6) is 0 Å². The Morgan fingerprint density at radius 2 is 1.37 bits per heavy atom. The molecule has 0 bridgehead atoms. The minimum Gasteiger partial charge on any atom is -0.350 e. The molecule has 8 heteroatoms. The first kappa shape index (κ1) is 22.6. The van der Waals surface area contributed by atoms with Gasteiger partial charge in [-0.15, -0.1) is 0 Å². The van der Waals surface area contributed by atoms with Gasteiger partial charge in [0.1, 0.15) is 5.69 Å². The third-order valence-electron chi connectivity index (χ3n) is 6.39. The fourth-order valence-electron chi connectivity index (χ4n) is 4.37. The van der Waals surface area contributed by atoms with Gasteiger partial charge < -0.3 is 14.4 Å². The van der Waals surface area contributed by atoms with E-state index in [0.29, 0.717) is 54.3 Å². The summed E-state index contributed by atoms with van der Waals surface area (Å²) in [5.41, 5.74) is 2.23. The summed E-state index contributed by atoms with van der Waals surface area (Å²) < 4.78 is 3.23. The molecule has 2 amide bonds. The van der Waals surface area contributed by atoms with Crippen LogP contribution in [-0.4, -0.2) is 62.1 Å². The molecule has 0 aliphatic carbocycles. The first-order valence-electron chi connectivity index (χ1n) is 11.8. The molecule has 3 aliphatic rings. The zero-order valence-corrected chi connectivity index (χ0v) is 19.8. The fraction of sp³-hybridized carbons (Fsp3) is 0.259. The lowest BCUT2D eigenvalue weighted by Gasteiger charge is -2.35. The highest BCUT2D eigenvalue weighted by molar-refractivity contribution is 6.00. The molecule has 0 saturated carbocycles. The number of pyridine rings is 1. The van der Waals surface area contributed by atoms with Crippen molar-refractivity contribution in [2.75, 3.05) is 26.2 Å². The normalized spacial score (nSPS) is 14.0. The summed E-state index contributed by atoms with van der Waals surface area (Å²) in [4.78, 5) is 43.2. The molecular weight excluding hydrogens is 442 g/mol. The van der Waals surface area contributed by atoms with Gasteiger partial charge >= 0.3 is 0 Å². The van der Waals surface area contributed by atoms with E-state index in [2.05, 4.69) is 5.10 Å². The van der Waals surface area contributed by atoms with E-state index in [1.165, 1.54) is 4.68 Å². The molecule has 0 unspecified atom stereocenters. The fourth-order valence-corrected chi connectivity index (χ4v) is 4.37. The van der Waals surface area contributed by atoms with Crippen LogP contribution in [0.15, 0.2) is 77.9 Å². The van der Waals surface area contributed by atoms with Crippen molar-refractivity contribution in [1.29, 1.82) is 0 Å². The van der Waals surface area contributed by atoms with Crippen molar-refractivity contribution in [3.63, 3.8) is 0 Å². The molecule has 35 heavy (non-hydrogen) atoms. The topological polar surface area (TPSA) is 80.4 Å². The van der Waals surface area contributed by atoms with E-state index < -0.39 is 0 Å². The van der Waals surface area contributed by atoms with Gasteiger partial charge in [-0.3, -0.25) is 14.4 Å². The molecule has 0 N–H and O–H groups in total. The van der Waals surface area contributed by atoms with Crippen LogP contribution in [0, 0.1) is 0 Å². The Morgan fingerprint density at radius 3 is 1.97 bits per heavy atom. The number of aromatic nitrogens is 3. The van der Waals surface area contributed by atoms with Crippen LogP contribution in [-0.2, 0) is 0 Å². The second-order valence-corrected chi connectivity index (χ2v) is 8.98. The van der Waals surface area contributed by atoms with Crippen LogP contribution >= 0.6 is 0 Å². The van der Waals surface area contributed by atoms with Gasteiger partial charge in [0.2, 0.25) is 0 Å². The van der Waals surface area contributed by atoms with E-state index in [1.807, 2.05) is 66.9 Å². The van der Waals surface area contributed by atoms with Gasteiger partial charge in [-0.1, -0.05) is 36.4 Å². The highest BCUT2D eigenvalue weighted by Gasteiger charge is 2.30. The Bertz CT molecular complexity index is 1380. The summed E-state index contributed by atoms with van der Waals surface area (Å²) in [6.07, 6.45) is 3.54. The number of rotatable bonds is 4. The van der Waals surface area contributed by atoms with Gasteiger partial charge in [0.05, 0.1) is 16.8 Å². The summed E-state index contributed by atoms with van der Waals surface area (Å²) in [5.74, 6) is -0.218. The number of benzene rings is 2. The van der Waals surface area contributed by atoms with Gasteiger partial charge in [-0.25, -0.2) is 0 Å². The summed E-state index contributed by atoms with van der Waals surface area (Å²) in [5, 5.41) is 4.56. The van der Waals surface area contributed by atoms with E-state index in [9.17, 15) is 14.4 Å². The monoisotopic (exact) mass is 469 g/mol. The molecule has 0 aromatic heterocycles. The van der Waals surface area contributed by atoms with Crippen LogP contribution < -0.4 is 5.56 Å². The maximum atomic E-state index is 13.6. The van der Waals surface area contributed by atoms with E-state index in [1.54, 1.807) is 34.3 Å². The Morgan fingerprint density at radius 1 is 0.800 bits per heavy atom. The van der Waals surface area contributed by atoms with Crippen molar-refractivity contribution < 1.29 is 9.59 Å². The van der Waals surface area contributed by atoms with Crippen LogP contribution in [0.1, 0.15) is 40.6 Å². The van der Waals surface area contributed by atoms with E-state index in [-0.39, 0.29) is 23.4 Å². The summed E-state index contributed by atoms with van der Waals surface area (Å²) >= 11 is 0. The summed E-state index contributed by atoms with van der Waals surface area (Å²) in [6.45, 7) is 5.73. The largest absolute Gasteiger partial charge is 0.350 e. The third-order valence-corrected chi connectivity index (χ3v) is 6.39. The molecule has 8 nitrogen and oxygen atoms in total. The van der Waals surface area contributed by atoms with Crippen molar-refractivity contribution in [3.8, 4) is 16.9 Å². The number of hydrogen-bond acceptors (Lipinski definition) is 4. The van der Waals surface area contributed by atoms with Gasteiger partial charge in [-0.2, -0.15) is 9.78 Å². The molecule has 2 aromatic carbocycles. The molecule has 0 atom stereocenters. The summed E-state index contributed by atoms with van der Waals surface area (Å²) in [6, 6.07) is 18.4. The first-order valence-corrected chi connectivity index (χ1v) is 11.8. The van der Waals surface area contributed by atoms with Crippen molar-refractivity contribution in [3.05, 3.63) is 94.5 Å². The highest BCUT2D eigenvalue weighted by Crippen LogP contribution is 2.26. The molecule has 3 heterocycles. The zero-order chi connectivity index (χ0) is 24.5. The number of carbonyl (C=O) groups excluding carboxylic acids is 2. The number of amides is 2. The average molecular weight is 470 g/mol. The molecule has 0 spiro atoms. The van der Waals surface area contributed by atoms with Crippen molar-refractivity contribution in [2.45, 2.75) is 19.9 Å². The quantitative estimate of drug-likeness (QED) is 0.459. The molecule has 2 aromatic rings. The lowest BCUT2D eigenvalue weighted by molar-refractivity contribution is 0.0535. The van der Waals surface area contributed by atoms with Crippen molar-refractivity contribution >= 4 is 11.8 Å². The average Bonchev–Trinajstić information content (AvgIpc) is 3.24. The molecule has 1 saturated heterocycles. The van der Waals surface area contributed by atoms with Gasteiger partial charge in [-0.05, 0) is 38.1 Å². The molecule has 1 fully saturated rings. The second-order valence-electron chi connectivity index (χ2n) is 8.98. The van der Waals surface area contributed by atoms with Crippen LogP contribution in [0.25, 0.3) is 16.9 Å². The van der Waals surface area contributed by atoms with E-state index in [4.69, 9.17) is 0 Å². The Balaban J connectivity index is 1.44. The zero-order valence-electron chi connectivity index (χ0n) is 19.8. The van der Waals surface area contributed by atoms with Crippen molar-refractivity contribution in [1.82, 2.24) is 24.1 Å².